The summed E-state index contributed by atoms with van der Waals surface area (Å²) in [5.41, 5.74) is -0.0196. The van der Waals surface area contributed by atoms with Gasteiger partial charge in [0.05, 0.1) is 16.6 Å². The van der Waals surface area contributed by atoms with Gasteiger partial charge in [-0.15, -0.1) is 0 Å². The van der Waals surface area contributed by atoms with Gasteiger partial charge >= 0.3 is 0 Å². The van der Waals surface area contributed by atoms with Crippen LogP contribution in [0, 0.1) is 22.9 Å². The molecule has 4 nitrogen and oxygen atoms in total. The van der Waals surface area contributed by atoms with Gasteiger partial charge in [0.15, 0.2) is 0 Å². The Morgan fingerprint density at radius 2 is 2.06 bits per heavy atom. The van der Waals surface area contributed by atoms with Crippen molar-refractivity contribution in [2.45, 2.75) is 6.92 Å². The summed E-state index contributed by atoms with van der Waals surface area (Å²) in [6.45, 7) is 1.73. The first-order chi connectivity index (χ1) is 7.58. The summed E-state index contributed by atoms with van der Waals surface area (Å²) in [5, 5.41) is 10.8. The van der Waals surface area contributed by atoms with E-state index in [0.717, 1.165) is 6.07 Å². The summed E-state index contributed by atoms with van der Waals surface area (Å²) < 4.78 is 18.2. The van der Waals surface area contributed by atoms with Crippen LogP contribution >= 0.6 is 0 Å². The van der Waals surface area contributed by atoms with E-state index in [-0.39, 0.29) is 11.3 Å². The summed E-state index contributed by atoms with van der Waals surface area (Å²) >= 11 is 0. The number of benzene rings is 1. The zero-order valence-corrected chi connectivity index (χ0v) is 8.44. The monoisotopic (exact) mass is 221 g/mol. The minimum Gasteiger partial charge on any atom is -0.461 e. The predicted octanol–water partition coefficient (Wildman–Crippen LogP) is 3.30. The van der Waals surface area contributed by atoms with Gasteiger partial charge in [0, 0.05) is 0 Å². The van der Waals surface area contributed by atoms with E-state index in [4.69, 9.17) is 4.42 Å². The molecule has 1 aromatic heterocycles. The molecule has 2 aromatic rings. The number of hydrogen-bond donors (Lipinski definition) is 0. The first kappa shape index (κ1) is 10.4. The summed E-state index contributed by atoms with van der Waals surface area (Å²) in [4.78, 5) is 10.1. The molecule has 0 unspecified atom stereocenters. The predicted molar refractivity (Wildman–Crippen MR) is 55.5 cm³/mol. The van der Waals surface area contributed by atoms with Crippen molar-refractivity contribution in [2.24, 2.45) is 0 Å². The highest BCUT2D eigenvalue weighted by Crippen LogP contribution is 2.31. The van der Waals surface area contributed by atoms with Gasteiger partial charge in [-0.2, -0.15) is 0 Å². The normalized spacial score (nSPS) is 10.4. The molecule has 0 amide bonds. The maximum absolute atomic E-state index is 12.9. The highest BCUT2D eigenvalue weighted by atomic mass is 19.1. The number of hydrogen-bond acceptors (Lipinski definition) is 3. The smallest absolute Gasteiger partial charge is 0.283 e. The van der Waals surface area contributed by atoms with Crippen LogP contribution in [-0.4, -0.2) is 4.92 Å². The van der Waals surface area contributed by atoms with E-state index < -0.39 is 10.7 Å². The largest absolute Gasteiger partial charge is 0.461 e. The molecule has 0 radical (unpaired) electrons. The Kier molecular flexibility index (Phi) is 2.44. The van der Waals surface area contributed by atoms with Crippen LogP contribution in [0.1, 0.15) is 5.76 Å². The average Bonchev–Trinajstić information content (AvgIpc) is 2.64. The first-order valence-corrected chi connectivity index (χ1v) is 4.58. The van der Waals surface area contributed by atoms with Crippen molar-refractivity contribution in [1.82, 2.24) is 0 Å². The summed E-state index contributed by atoms with van der Waals surface area (Å²) in [6.07, 6.45) is 0. The third-order valence-electron chi connectivity index (χ3n) is 2.16. The Labute approximate surface area is 90.5 Å². The minimum absolute atomic E-state index is 0.277. The lowest BCUT2D eigenvalue weighted by Gasteiger charge is -1.99. The number of rotatable bonds is 2. The van der Waals surface area contributed by atoms with Crippen LogP contribution in [0.2, 0.25) is 0 Å². The van der Waals surface area contributed by atoms with Gasteiger partial charge in [-0.25, -0.2) is 4.39 Å². The molecule has 0 bridgehead atoms. The lowest BCUT2D eigenvalue weighted by molar-refractivity contribution is -0.384. The molecule has 2 rings (SSSR count). The molecule has 1 heterocycles. The van der Waals surface area contributed by atoms with Crippen LogP contribution in [0.4, 0.5) is 10.1 Å². The fraction of sp³-hybridized carbons (Fsp3) is 0.0909. The lowest BCUT2D eigenvalue weighted by Crippen LogP contribution is -1.92. The Morgan fingerprint density at radius 1 is 1.31 bits per heavy atom. The van der Waals surface area contributed by atoms with Crippen LogP contribution in [0.15, 0.2) is 34.7 Å². The van der Waals surface area contributed by atoms with E-state index >= 15 is 0 Å². The Bertz CT molecular complexity index is 548. The number of nitro groups is 1. The molecule has 0 fully saturated rings. The van der Waals surface area contributed by atoms with Crippen LogP contribution < -0.4 is 0 Å². The summed E-state index contributed by atoms with van der Waals surface area (Å²) in [6, 6.07) is 6.71. The van der Waals surface area contributed by atoms with E-state index in [1.165, 1.54) is 12.1 Å². The molecular weight excluding hydrogens is 213 g/mol. The van der Waals surface area contributed by atoms with Crippen molar-refractivity contribution in [3.8, 4) is 11.3 Å². The van der Waals surface area contributed by atoms with Crippen LogP contribution in [-0.2, 0) is 0 Å². The number of nitro benzene ring substituents is 1. The first-order valence-electron chi connectivity index (χ1n) is 4.58. The van der Waals surface area contributed by atoms with Crippen LogP contribution in [0.25, 0.3) is 11.3 Å². The number of aryl methyl sites for hydroxylation is 1. The third-order valence-corrected chi connectivity index (χ3v) is 2.16. The van der Waals surface area contributed by atoms with Crippen LogP contribution in [0.3, 0.4) is 0 Å². The third kappa shape index (κ3) is 1.79. The molecule has 0 N–H and O–H groups in total. The number of furan rings is 1. The van der Waals surface area contributed by atoms with Crippen molar-refractivity contribution in [1.29, 1.82) is 0 Å². The van der Waals surface area contributed by atoms with Gasteiger partial charge in [-0.3, -0.25) is 10.1 Å². The standard InChI is InChI=1S/C11H8FNO3/c1-7-2-5-11(16-7)9-4-3-8(12)6-10(9)13(14)15/h2-6H,1H3. The van der Waals surface area contributed by atoms with Crippen molar-refractivity contribution < 1.29 is 13.7 Å². The molecule has 0 aliphatic carbocycles. The van der Waals surface area contributed by atoms with Gasteiger partial charge in [0.2, 0.25) is 0 Å². The van der Waals surface area contributed by atoms with Crippen molar-refractivity contribution in [3.63, 3.8) is 0 Å². The second kappa shape index (κ2) is 3.77. The van der Waals surface area contributed by atoms with E-state index in [1.54, 1.807) is 19.1 Å². The number of halogens is 1. The molecule has 0 saturated carbocycles. The molecule has 0 aliphatic heterocycles. The molecule has 0 aliphatic rings. The summed E-state index contributed by atoms with van der Waals surface area (Å²) in [5.74, 6) is 0.372. The molecule has 0 atom stereocenters. The Morgan fingerprint density at radius 3 is 2.62 bits per heavy atom. The molecular formula is C11H8FNO3. The average molecular weight is 221 g/mol. The highest BCUT2D eigenvalue weighted by Gasteiger charge is 2.18. The maximum Gasteiger partial charge on any atom is 0.283 e. The second-order valence-electron chi connectivity index (χ2n) is 3.33. The summed E-state index contributed by atoms with van der Waals surface area (Å²) in [7, 11) is 0. The molecule has 1 aromatic carbocycles. The molecule has 5 heteroatoms. The van der Waals surface area contributed by atoms with E-state index in [9.17, 15) is 14.5 Å². The van der Waals surface area contributed by atoms with Crippen molar-refractivity contribution in [2.75, 3.05) is 0 Å². The number of nitrogens with zero attached hydrogens (tertiary/aromatic N) is 1. The highest BCUT2D eigenvalue weighted by molar-refractivity contribution is 5.69. The lowest BCUT2D eigenvalue weighted by atomic mass is 10.1. The second-order valence-corrected chi connectivity index (χ2v) is 3.33. The van der Waals surface area contributed by atoms with Gasteiger partial charge in [-0.05, 0) is 31.2 Å². The quantitative estimate of drug-likeness (QED) is 0.577. The minimum atomic E-state index is -0.640. The van der Waals surface area contributed by atoms with Crippen molar-refractivity contribution in [3.05, 3.63) is 52.0 Å². The zero-order valence-electron chi connectivity index (χ0n) is 8.44. The van der Waals surface area contributed by atoms with Gasteiger partial charge < -0.3 is 4.42 Å². The Balaban J connectivity index is 2.60. The van der Waals surface area contributed by atoms with Crippen molar-refractivity contribution >= 4 is 5.69 Å². The fourth-order valence-electron chi connectivity index (χ4n) is 1.44. The van der Waals surface area contributed by atoms with E-state index in [0.29, 0.717) is 11.5 Å². The van der Waals surface area contributed by atoms with E-state index in [1.807, 2.05) is 0 Å². The molecule has 82 valence electrons. The van der Waals surface area contributed by atoms with E-state index in [2.05, 4.69) is 0 Å². The van der Waals surface area contributed by atoms with Gasteiger partial charge in [-0.1, -0.05) is 0 Å². The van der Waals surface area contributed by atoms with Gasteiger partial charge in [0.25, 0.3) is 5.69 Å². The topological polar surface area (TPSA) is 56.3 Å². The molecule has 16 heavy (non-hydrogen) atoms. The maximum atomic E-state index is 12.9. The van der Waals surface area contributed by atoms with Gasteiger partial charge in [0.1, 0.15) is 17.3 Å². The SMILES string of the molecule is Cc1ccc(-c2ccc(F)cc2[N+](=O)[O-])o1. The molecule has 0 saturated heterocycles. The Hall–Kier alpha value is -2.17. The molecule has 0 spiro atoms. The fourth-order valence-corrected chi connectivity index (χ4v) is 1.44. The zero-order chi connectivity index (χ0) is 11.7. The van der Waals surface area contributed by atoms with Crippen LogP contribution in [0.5, 0.6) is 0 Å².